The topological polar surface area (TPSA) is 129 Å². The zero-order valence-corrected chi connectivity index (χ0v) is 22.2. The van der Waals surface area contributed by atoms with Crippen LogP contribution < -0.4 is 20.1 Å². The molecule has 0 saturated carbocycles. The van der Waals surface area contributed by atoms with Crippen molar-refractivity contribution >= 4 is 17.6 Å². The van der Waals surface area contributed by atoms with Gasteiger partial charge in [-0.2, -0.15) is 4.98 Å². The van der Waals surface area contributed by atoms with Crippen molar-refractivity contribution in [2.75, 3.05) is 38.3 Å². The Morgan fingerprint density at radius 3 is 2.52 bits per heavy atom. The van der Waals surface area contributed by atoms with E-state index in [2.05, 4.69) is 14.9 Å². The lowest BCUT2D eigenvalue weighted by atomic mass is 9.88. The minimum absolute atomic E-state index is 0.146. The third kappa shape index (κ3) is 6.20. The number of piperazine rings is 1. The molecule has 11 nitrogen and oxygen atoms in total. The molecular weight excluding hydrogens is 510 g/mol. The molecule has 1 saturated heterocycles. The van der Waals surface area contributed by atoms with E-state index in [0.717, 1.165) is 11.3 Å². The predicted octanol–water partition coefficient (Wildman–Crippen LogP) is 2.11. The summed E-state index contributed by atoms with van der Waals surface area (Å²) in [6, 6.07) is 18.0. The fourth-order valence-electron chi connectivity index (χ4n) is 4.88. The monoisotopic (exact) mass is 541 g/mol. The van der Waals surface area contributed by atoms with Crippen molar-refractivity contribution in [2.24, 2.45) is 11.7 Å². The first-order valence-corrected chi connectivity index (χ1v) is 13.0. The number of hydrogen-bond acceptors (Lipinski definition) is 8. The van der Waals surface area contributed by atoms with E-state index in [9.17, 15) is 9.59 Å². The third-order valence-corrected chi connectivity index (χ3v) is 6.98. The summed E-state index contributed by atoms with van der Waals surface area (Å²) >= 11 is 0. The van der Waals surface area contributed by atoms with Gasteiger partial charge in [0.25, 0.3) is 5.91 Å². The van der Waals surface area contributed by atoms with Crippen LogP contribution in [0.25, 0.3) is 5.95 Å². The molecule has 3 heterocycles. The molecule has 0 aliphatic carbocycles. The summed E-state index contributed by atoms with van der Waals surface area (Å²) < 4.78 is 12.7. The zero-order chi connectivity index (χ0) is 27.9. The highest BCUT2D eigenvalue weighted by molar-refractivity contribution is 5.82. The number of para-hydroxylation sites is 1. The van der Waals surface area contributed by atoms with Crippen LogP contribution >= 0.6 is 0 Å². The molecule has 1 fully saturated rings. The molecule has 2 amide bonds. The standard InChI is InChI=1S/C29H31N7O4/c1-39-22-9-7-21(8-10-22)17-24(28(30)38)25-18-34(26-11-12-32-29(33-26)35-14-13-31-20-35)15-16-36(25)27(37)19-40-23-5-3-2-4-6-23/h2-14,20,24-25H,15-19H2,1H3,(H2,30,38). The number of rotatable bonds is 10. The number of methoxy groups -OCH3 is 1. The molecule has 40 heavy (non-hydrogen) atoms. The number of imidazole rings is 1. The number of carbonyl (C=O) groups is 2. The Morgan fingerprint density at radius 1 is 1.02 bits per heavy atom. The fourth-order valence-corrected chi connectivity index (χ4v) is 4.88. The van der Waals surface area contributed by atoms with Gasteiger partial charge in [0.15, 0.2) is 6.61 Å². The summed E-state index contributed by atoms with van der Waals surface area (Å²) in [5.74, 6) is 1.14. The molecule has 2 aromatic carbocycles. The number of nitrogens with two attached hydrogens (primary N) is 1. The molecule has 206 valence electrons. The van der Waals surface area contributed by atoms with E-state index in [1.54, 1.807) is 53.6 Å². The summed E-state index contributed by atoms with van der Waals surface area (Å²) in [6.45, 7) is 1.11. The average Bonchev–Trinajstić information content (AvgIpc) is 3.54. The molecule has 5 rings (SSSR count). The number of hydrogen-bond donors (Lipinski definition) is 1. The first kappa shape index (κ1) is 26.7. The van der Waals surface area contributed by atoms with Crippen LogP contribution in [-0.2, 0) is 16.0 Å². The summed E-state index contributed by atoms with van der Waals surface area (Å²) in [6.07, 6.45) is 7.10. The number of carbonyl (C=O) groups excluding carboxylic acids is 2. The molecule has 4 aromatic rings. The Morgan fingerprint density at radius 2 is 1.82 bits per heavy atom. The van der Waals surface area contributed by atoms with Crippen molar-refractivity contribution in [3.05, 3.63) is 91.1 Å². The van der Waals surface area contributed by atoms with Crippen LogP contribution in [-0.4, -0.2) is 75.6 Å². The van der Waals surface area contributed by atoms with Crippen LogP contribution in [0.4, 0.5) is 5.82 Å². The van der Waals surface area contributed by atoms with E-state index in [4.69, 9.17) is 20.2 Å². The van der Waals surface area contributed by atoms with Gasteiger partial charge in [-0.1, -0.05) is 30.3 Å². The summed E-state index contributed by atoms with van der Waals surface area (Å²) in [5.41, 5.74) is 6.90. The number of amides is 2. The lowest BCUT2D eigenvalue weighted by Gasteiger charge is -2.44. The third-order valence-electron chi connectivity index (χ3n) is 6.98. The minimum Gasteiger partial charge on any atom is -0.497 e. The molecule has 0 spiro atoms. The lowest BCUT2D eigenvalue weighted by Crippen LogP contribution is -2.61. The van der Waals surface area contributed by atoms with Crippen molar-refractivity contribution in [3.8, 4) is 17.4 Å². The van der Waals surface area contributed by atoms with Gasteiger partial charge in [-0.05, 0) is 42.3 Å². The van der Waals surface area contributed by atoms with Gasteiger partial charge in [0.1, 0.15) is 23.6 Å². The van der Waals surface area contributed by atoms with Crippen LogP contribution in [0.15, 0.2) is 85.6 Å². The molecule has 2 N–H and O–H groups in total. The van der Waals surface area contributed by atoms with Gasteiger partial charge in [0, 0.05) is 38.2 Å². The van der Waals surface area contributed by atoms with Crippen LogP contribution in [0, 0.1) is 5.92 Å². The molecule has 2 aromatic heterocycles. The van der Waals surface area contributed by atoms with Gasteiger partial charge in [0.05, 0.1) is 19.1 Å². The maximum Gasteiger partial charge on any atom is 0.260 e. The van der Waals surface area contributed by atoms with Crippen LogP contribution in [0.5, 0.6) is 11.5 Å². The van der Waals surface area contributed by atoms with Gasteiger partial charge in [0.2, 0.25) is 11.9 Å². The summed E-state index contributed by atoms with van der Waals surface area (Å²) in [4.78, 5) is 43.3. The number of ether oxygens (including phenoxy) is 2. The highest BCUT2D eigenvalue weighted by Crippen LogP contribution is 2.26. The number of aromatic nitrogens is 4. The molecular formula is C29H31N7O4. The number of primary amides is 1. The predicted molar refractivity (Wildman–Crippen MR) is 148 cm³/mol. The maximum absolute atomic E-state index is 13.5. The van der Waals surface area contributed by atoms with E-state index >= 15 is 0 Å². The second-order valence-electron chi connectivity index (χ2n) is 9.45. The molecule has 0 bridgehead atoms. The first-order chi connectivity index (χ1) is 19.5. The maximum atomic E-state index is 13.5. The molecule has 2 atom stereocenters. The van der Waals surface area contributed by atoms with Crippen LogP contribution in [0.2, 0.25) is 0 Å². The molecule has 11 heteroatoms. The SMILES string of the molecule is COc1ccc(CC(C(N)=O)C2CN(c3ccnc(-n4ccnc4)n3)CCN2C(=O)COc2ccccc2)cc1. The highest BCUT2D eigenvalue weighted by Gasteiger charge is 2.39. The van der Waals surface area contributed by atoms with Gasteiger partial charge >= 0.3 is 0 Å². The largest absolute Gasteiger partial charge is 0.497 e. The summed E-state index contributed by atoms with van der Waals surface area (Å²) in [7, 11) is 1.60. The van der Waals surface area contributed by atoms with Crippen molar-refractivity contribution in [2.45, 2.75) is 12.5 Å². The number of benzene rings is 2. The molecule has 0 radical (unpaired) electrons. The number of anilines is 1. The second-order valence-corrected chi connectivity index (χ2v) is 9.45. The van der Waals surface area contributed by atoms with Gasteiger partial charge < -0.3 is 25.0 Å². The van der Waals surface area contributed by atoms with Crippen molar-refractivity contribution in [1.82, 2.24) is 24.4 Å². The van der Waals surface area contributed by atoms with Crippen molar-refractivity contribution in [3.63, 3.8) is 0 Å². The van der Waals surface area contributed by atoms with E-state index in [0.29, 0.717) is 43.6 Å². The Bertz CT molecular complexity index is 1410. The van der Waals surface area contributed by atoms with E-state index in [1.807, 2.05) is 48.5 Å². The van der Waals surface area contributed by atoms with Crippen LogP contribution in [0.1, 0.15) is 5.56 Å². The fraction of sp³-hybridized carbons (Fsp3) is 0.276. The van der Waals surface area contributed by atoms with E-state index in [1.165, 1.54) is 0 Å². The molecule has 1 aliphatic heterocycles. The zero-order valence-electron chi connectivity index (χ0n) is 22.2. The Labute approximate surface area is 232 Å². The van der Waals surface area contributed by atoms with Gasteiger partial charge in [-0.15, -0.1) is 0 Å². The Kier molecular flexibility index (Phi) is 8.19. The summed E-state index contributed by atoms with van der Waals surface area (Å²) in [5, 5.41) is 0. The van der Waals surface area contributed by atoms with Crippen molar-refractivity contribution < 1.29 is 19.1 Å². The first-order valence-electron chi connectivity index (χ1n) is 13.0. The second kappa shape index (κ2) is 12.3. The lowest BCUT2D eigenvalue weighted by molar-refractivity contribution is -0.139. The van der Waals surface area contributed by atoms with Gasteiger partial charge in [-0.3, -0.25) is 14.2 Å². The smallest absolute Gasteiger partial charge is 0.260 e. The molecule has 1 aliphatic rings. The van der Waals surface area contributed by atoms with Gasteiger partial charge in [-0.25, -0.2) is 9.97 Å². The number of nitrogens with zero attached hydrogens (tertiary/aromatic N) is 6. The molecule has 2 unspecified atom stereocenters. The Hall–Kier alpha value is -4.93. The van der Waals surface area contributed by atoms with E-state index < -0.39 is 17.9 Å². The highest BCUT2D eigenvalue weighted by atomic mass is 16.5. The van der Waals surface area contributed by atoms with Crippen molar-refractivity contribution in [1.29, 1.82) is 0 Å². The normalized spacial score (nSPS) is 15.9. The minimum atomic E-state index is -0.646. The average molecular weight is 542 g/mol. The van der Waals surface area contributed by atoms with Crippen LogP contribution in [0.3, 0.4) is 0 Å². The van der Waals surface area contributed by atoms with E-state index in [-0.39, 0.29) is 12.5 Å². The Balaban J connectivity index is 1.41. The quantitative estimate of drug-likeness (QED) is 0.323.